The predicted octanol–water partition coefficient (Wildman–Crippen LogP) is 1.41. The fourth-order valence-corrected chi connectivity index (χ4v) is 1.55. The van der Waals surface area contributed by atoms with Crippen molar-refractivity contribution in [3.63, 3.8) is 0 Å². The number of rotatable bonds is 5. The summed E-state index contributed by atoms with van der Waals surface area (Å²) in [6, 6.07) is 0. The Morgan fingerprint density at radius 3 is 2.73 bits per heavy atom. The van der Waals surface area contributed by atoms with Crippen LogP contribution in [0, 0.1) is 5.92 Å². The van der Waals surface area contributed by atoms with Crippen molar-refractivity contribution in [1.82, 2.24) is 5.32 Å². The Kier molecular flexibility index (Phi) is 3.87. The highest BCUT2D eigenvalue weighted by Crippen LogP contribution is 2.29. The van der Waals surface area contributed by atoms with Crippen LogP contribution in [-0.4, -0.2) is 26.3 Å². The van der Waals surface area contributed by atoms with Crippen molar-refractivity contribution in [2.45, 2.75) is 32.3 Å². The van der Waals surface area contributed by atoms with Gasteiger partial charge in [0.1, 0.15) is 0 Å². The van der Waals surface area contributed by atoms with Gasteiger partial charge < -0.3 is 10.1 Å². The molecule has 0 aromatic heterocycles. The SMILES string of the molecule is CCCOC1CC(CNC)C1. The highest BCUT2D eigenvalue weighted by molar-refractivity contribution is 4.81. The Morgan fingerprint density at radius 1 is 1.45 bits per heavy atom. The summed E-state index contributed by atoms with van der Waals surface area (Å²) >= 11 is 0. The average Bonchev–Trinajstić information content (AvgIpc) is 1.94. The van der Waals surface area contributed by atoms with Crippen molar-refractivity contribution in [3.05, 3.63) is 0 Å². The van der Waals surface area contributed by atoms with E-state index in [1.807, 2.05) is 7.05 Å². The third-order valence-corrected chi connectivity index (χ3v) is 2.24. The summed E-state index contributed by atoms with van der Waals surface area (Å²) in [5.41, 5.74) is 0. The molecule has 1 aliphatic rings. The van der Waals surface area contributed by atoms with E-state index in [1.54, 1.807) is 0 Å². The molecule has 0 aliphatic heterocycles. The van der Waals surface area contributed by atoms with Gasteiger partial charge in [-0.1, -0.05) is 6.92 Å². The van der Waals surface area contributed by atoms with E-state index in [9.17, 15) is 0 Å². The average molecular weight is 157 g/mol. The van der Waals surface area contributed by atoms with Crippen molar-refractivity contribution >= 4 is 0 Å². The van der Waals surface area contributed by atoms with Gasteiger partial charge in [-0.05, 0) is 38.8 Å². The highest BCUT2D eigenvalue weighted by atomic mass is 16.5. The van der Waals surface area contributed by atoms with Gasteiger partial charge in [-0.3, -0.25) is 0 Å². The molecule has 0 amide bonds. The molecule has 0 saturated heterocycles. The quantitative estimate of drug-likeness (QED) is 0.651. The van der Waals surface area contributed by atoms with Crippen LogP contribution in [-0.2, 0) is 4.74 Å². The molecule has 1 aliphatic carbocycles. The Hall–Kier alpha value is -0.0800. The second kappa shape index (κ2) is 4.73. The second-order valence-corrected chi connectivity index (χ2v) is 3.39. The Morgan fingerprint density at radius 2 is 2.18 bits per heavy atom. The van der Waals surface area contributed by atoms with Gasteiger partial charge in [0.2, 0.25) is 0 Å². The molecule has 1 saturated carbocycles. The summed E-state index contributed by atoms with van der Waals surface area (Å²) in [5, 5.41) is 3.19. The van der Waals surface area contributed by atoms with Gasteiger partial charge in [0.25, 0.3) is 0 Å². The van der Waals surface area contributed by atoms with Crippen LogP contribution < -0.4 is 5.32 Å². The van der Waals surface area contributed by atoms with Gasteiger partial charge in [-0.15, -0.1) is 0 Å². The minimum atomic E-state index is 0.577. The molecule has 0 aromatic carbocycles. The highest BCUT2D eigenvalue weighted by Gasteiger charge is 2.28. The largest absolute Gasteiger partial charge is 0.378 e. The van der Waals surface area contributed by atoms with Crippen molar-refractivity contribution in [3.8, 4) is 0 Å². The van der Waals surface area contributed by atoms with Crippen LogP contribution >= 0.6 is 0 Å². The van der Waals surface area contributed by atoms with Crippen LogP contribution in [0.25, 0.3) is 0 Å². The van der Waals surface area contributed by atoms with Crippen LogP contribution in [0.2, 0.25) is 0 Å². The molecule has 1 fully saturated rings. The zero-order chi connectivity index (χ0) is 8.10. The minimum absolute atomic E-state index is 0.577. The Balaban J connectivity index is 1.92. The molecule has 0 bridgehead atoms. The Bertz CT molecular complexity index is 99.7. The predicted molar refractivity (Wildman–Crippen MR) is 46.7 cm³/mol. The van der Waals surface area contributed by atoms with Gasteiger partial charge in [0.15, 0.2) is 0 Å². The van der Waals surface area contributed by atoms with Crippen molar-refractivity contribution in [2.75, 3.05) is 20.2 Å². The van der Waals surface area contributed by atoms with Gasteiger partial charge in [0, 0.05) is 6.61 Å². The molecule has 0 atom stereocenters. The minimum Gasteiger partial charge on any atom is -0.378 e. The molecule has 0 heterocycles. The van der Waals surface area contributed by atoms with Crippen molar-refractivity contribution in [1.29, 1.82) is 0 Å². The molecular formula is C9H19NO. The van der Waals surface area contributed by atoms with E-state index in [0.29, 0.717) is 6.10 Å². The third kappa shape index (κ3) is 2.80. The molecule has 0 unspecified atom stereocenters. The maximum Gasteiger partial charge on any atom is 0.0581 e. The first kappa shape index (κ1) is 9.01. The lowest BCUT2D eigenvalue weighted by Gasteiger charge is -2.34. The maximum absolute atomic E-state index is 5.58. The van der Waals surface area contributed by atoms with E-state index in [-0.39, 0.29) is 0 Å². The second-order valence-electron chi connectivity index (χ2n) is 3.39. The molecule has 0 radical (unpaired) electrons. The first-order valence-corrected chi connectivity index (χ1v) is 4.63. The number of hydrogen-bond donors (Lipinski definition) is 1. The summed E-state index contributed by atoms with van der Waals surface area (Å²) in [4.78, 5) is 0. The number of ether oxygens (including phenoxy) is 1. The van der Waals surface area contributed by atoms with Crippen LogP contribution in [0.3, 0.4) is 0 Å². The smallest absolute Gasteiger partial charge is 0.0581 e. The molecular weight excluding hydrogens is 138 g/mol. The number of hydrogen-bond acceptors (Lipinski definition) is 2. The van der Waals surface area contributed by atoms with E-state index in [1.165, 1.54) is 12.8 Å². The van der Waals surface area contributed by atoms with Crippen molar-refractivity contribution in [2.24, 2.45) is 5.92 Å². The summed E-state index contributed by atoms with van der Waals surface area (Å²) in [6.45, 7) is 4.26. The number of nitrogens with one attached hydrogen (secondary N) is 1. The van der Waals surface area contributed by atoms with Gasteiger partial charge >= 0.3 is 0 Å². The van der Waals surface area contributed by atoms with Crippen molar-refractivity contribution < 1.29 is 4.74 Å². The van der Waals surface area contributed by atoms with Gasteiger partial charge in [-0.25, -0.2) is 0 Å². The normalized spacial score (nSPS) is 30.0. The fourth-order valence-electron chi connectivity index (χ4n) is 1.55. The first-order chi connectivity index (χ1) is 5.36. The van der Waals surface area contributed by atoms with Gasteiger partial charge in [0.05, 0.1) is 6.10 Å². The van der Waals surface area contributed by atoms with E-state index >= 15 is 0 Å². The summed E-state index contributed by atoms with van der Waals surface area (Å²) in [7, 11) is 2.01. The summed E-state index contributed by atoms with van der Waals surface area (Å²) < 4.78 is 5.58. The van der Waals surface area contributed by atoms with Crippen LogP contribution in [0.1, 0.15) is 26.2 Å². The van der Waals surface area contributed by atoms with Crippen LogP contribution in [0.4, 0.5) is 0 Å². The van der Waals surface area contributed by atoms with E-state index in [4.69, 9.17) is 4.74 Å². The van der Waals surface area contributed by atoms with Crippen LogP contribution in [0.15, 0.2) is 0 Å². The topological polar surface area (TPSA) is 21.3 Å². The van der Waals surface area contributed by atoms with E-state index in [0.717, 1.165) is 25.5 Å². The first-order valence-electron chi connectivity index (χ1n) is 4.63. The lowest BCUT2D eigenvalue weighted by Crippen LogP contribution is -2.37. The van der Waals surface area contributed by atoms with Crippen LogP contribution in [0.5, 0.6) is 0 Å². The molecule has 1 rings (SSSR count). The monoisotopic (exact) mass is 157 g/mol. The molecule has 0 spiro atoms. The lowest BCUT2D eigenvalue weighted by molar-refractivity contribution is -0.0290. The lowest BCUT2D eigenvalue weighted by atomic mass is 9.82. The van der Waals surface area contributed by atoms with Gasteiger partial charge in [-0.2, -0.15) is 0 Å². The molecule has 0 aromatic rings. The zero-order valence-corrected chi connectivity index (χ0v) is 7.60. The molecule has 2 heteroatoms. The van der Waals surface area contributed by atoms with E-state index < -0.39 is 0 Å². The summed E-state index contributed by atoms with van der Waals surface area (Å²) in [6.07, 6.45) is 4.25. The summed E-state index contributed by atoms with van der Waals surface area (Å²) in [5.74, 6) is 0.877. The molecule has 2 nitrogen and oxygen atoms in total. The zero-order valence-electron chi connectivity index (χ0n) is 7.60. The molecule has 11 heavy (non-hydrogen) atoms. The Labute approximate surface area is 69.3 Å². The molecule has 66 valence electrons. The third-order valence-electron chi connectivity index (χ3n) is 2.24. The standard InChI is InChI=1S/C9H19NO/c1-3-4-11-9-5-8(6-9)7-10-2/h8-10H,3-7H2,1-2H3. The maximum atomic E-state index is 5.58. The fraction of sp³-hybridized carbons (Fsp3) is 1.00. The van der Waals surface area contributed by atoms with E-state index in [2.05, 4.69) is 12.2 Å². The molecule has 1 N–H and O–H groups in total.